The Hall–Kier alpha value is -0.550. The lowest BCUT2D eigenvalue weighted by molar-refractivity contribution is -0.0231. The first-order valence-corrected chi connectivity index (χ1v) is 4.18. The molecule has 2 nitrogen and oxygen atoms in total. The molecule has 5 heteroatoms. The molecular weight excluding hydrogens is 181 g/mol. The standard InChI is InChI=1S/C8H13F3N2/c9-7-2-1-3-13(4-7)6-8(10,11)5-12/h2H,1,3-6,12H2. The highest BCUT2D eigenvalue weighted by atomic mass is 19.3. The van der Waals surface area contributed by atoms with Crippen LogP contribution in [-0.2, 0) is 0 Å². The molecule has 0 aromatic carbocycles. The molecule has 0 saturated carbocycles. The molecule has 0 aromatic heterocycles. The highest BCUT2D eigenvalue weighted by molar-refractivity contribution is 4.99. The van der Waals surface area contributed by atoms with Crippen LogP contribution in [0.15, 0.2) is 11.9 Å². The summed E-state index contributed by atoms with van der Waals surface area (Å²) in [5, 5.41) is 0. The largest absolute Gasteiger partial charge is 0.325 e. The van der Waals surface area contributed by atoms with Gasteiger partial charge in [-0.05, 0) is 6.42 Å². The summed E-state index contributed by atoms with van der Waals surface area (Å²) >= 11 is 0. The van der Waals surface area contributed by atoms with Gasteiger partial charge in [0, 0.05) is 6.54 Å². The molecule has 1 aliphatic rings. The molecule has 1 heterocycles. The monoisotopic (exact) mass is 194 g/mol. The van der Waals surface area contributed by atoms with Crippen LogP contribution in [0.4, 0.5) is 13.2 Å². The van der Waals surface area contributed by atoms with Crippen molar-refractivity contribution in [2.45, 2.75) is 12.3 Å². The van der Waals surface area contributed by atoms with Crippen LogP contribution >= 0.6 is 0 Å². The number of nitrogens with zero attached hydrogens (tertiary/aromatic N) is 1. The van der Waals surface area contributed by atoms with E-state index in [-0.39, 0.29) is 12.4 Å². The van der Waals surface area contributed by atoms with Gasteiger partial charge in [-0.1, -0.05) is 6.08 Å². The molecule has 0 bridgehead atoms. The Morgan fingerprint density at radius 1 is 1.54 bits per heavy atom. The Bertz CT molecular complexity index is 204. The molecule has 0 spiro atoms. The zero-order chi connectivity index (χ0) is 9.90. The van der Waals surface area contributed by atoms with Gasteiger partial charge in [0.2, 0.25) is 0 Å². The first-order chi connectivity index (χ1) is 6.03. The molecule has 76 valence electrons. The lowest BCUT2D eigenvalue weighted by atomic mass is 10.2. The molecule has 0 unspecified atom stereocenters. The van der Waals surface area contributed by atoms with Crippen LogP contribution in [0.1, 0.15) is 6.42 Å². The Morgan fingerprint density at radius 3 is 2.77 bits per heavy atom. The fraction of sp³-hybridized carbons (Fsp3) is 0.750. The maximum atomic E-state index is 12.8. The average Bonchev–Trinajstić information content (AvgIpc) is 2.03. The first-order valence-electron chi connectivity index (χ1n) is 4.18. The Balaban J connectivity index is 2.42. The zero-order valence-corrected chi connectivity index (χ0v) is 7.27. The van der Waals surface area contributed by atoms with Crippen molar-refractivity contribution >= 4 is 0 Å². The minimum absolute atomic E-state index is 0.0183. The van der Waals surface area contributed by atoms with E-state index in [1.54, 1.807) is 0 Å². The molecule has 0 amide bonds. The Morgan fingerprint density at radius 2 is 2.23 bits per heavy atom. The number of halogens is 3. The van der Waals surface area contributed by atoms with Crippen molar-refractivity contribution in [3.8, 4) is 0 Å². The fourth-order valence-electron chi connectivity index (χ4n) is 1.29. The van der Waals surface area contributed by atoms with E-state index in [9.17, 15) is 13.2 Å². The van der Waals surface area contributed by atoms with E-state index in [1.807, 2.05) is 0 Å². The van der Waals surface area contributed by atoms with Crippen molar-refractivity contribution in [1.82, 2.24) is 4.90 Å². The maximum absolute atomic E-state index is 12.8. The molecule has 1 aliphatic heterocycles. The van der Waals surface area contributed by atoms with E-state index in [0.717, 1.165) is 0 Å². The van der Waals surface area contributed by atoms with E-state index >= 15 is 0 Å². The van der Waals surface area contributed by atoms with Gasteiger partial charge in [-0.3, -0.25) is 4.90 Å². The highest BCUT2D eigenvalue weighted by Crippen LogP contribution is 2.17. The molecule has 0 aromatic rings. The van der Waals surface area contributed by atoms with Crippen molar-refractivity contribution in [2.75, 3.05) is 26.2 Å². The summed E-state index contributed by atoms with van der Waals surface area (Å²) in [5.41, 5.74) is 4.87. The number of alkyl halides is 2. The number of nitrogens with two attached hydrogens (primary N) is 1. The number of hydrogen-bond donors (Lipinski definition) is 1. The lowest BCUT2D eigenvalue weighted by Crippen LogP contribution is -2.43. The van der Waals surface area contributed by atoms with E-state index in [2.05, 4.69) is 0 Å². The van der Waals surface area contributed by atoms with Gasteiger partial charge in [-0.25, -0.2) is 13.2 Å². The second-order valence-electron chi connectivity index (χ2n) is 3.21. The minimum atomic E-state index is -2.91. The second kappa shape index (κ2) is 4.11. The maximum Gasteiger partial charge on any atom is 0.272 e. The third kappa shape index (κ3) is 3.36. The predicted octanol–water partition coefficient (Wildman–Crippen LogP) is 1.14. The lowest BCUT2D eigenvalue weighted by Gasteiger charge is -2.27. The highest BCUT2D eigenvalue weighted by Gasteiger charge is 2.30. The smallest absolute Gasteiger partial charge is 0.272 e. The van der Waals surface area contributed by atoms with E-state index in [0.29, 0.717) is 13.0 Å². The van der Waals surface area contributed by atoms with Crippen LogP contribution in [0.2, 0.25) is 0 Å². The van der Waals surface area contributed by atoms with Gasteiger partial charge in [0.15, 0.2) is 0 Å². The molecule has 0 radical (unpaired) electrons. The van der Waals surface area contributed by atoms with Crippen LogP contribution in [0.5, 0.6) is 0 Å². The molecule has 13 heavy (non-hydrogen) atoms. The van der Waals surface area contributed by atoms with E-state index in [1.165, 1.54) is 11.0 Å². The minimum Gasteiger partial charge on any atom is -0.325 e. The van der Waals surface area contributed by atoms with Crippen molar-refractivity contribution < 1.29 is 13.2 Å². The summed E-state index contributed by atoms with van der Waals surface area (Å²) in [4.78, 5) is 1.38. The van der Waals surface area contributed by atoms with Crippen LogP contribution in [-0.4, -0.2) is 37.0 Å². The van der Waals surface area contributed by atoms with Gasteiger partial charge in [0.1, 0.15) is 5.83 Å². The van der Waals surface area contributed by atoms with Crippen molar-refractivity contribution in [3.05, 3.63) is 11.9 Å². The predicted molar refractivity (Wildman–Crippen MR) is 44.2 cm³/mol. The summed E-state index contributed by atoms with van der Waals surface area (Å²) in [5.74, 6) is -3.24. The quantitative estimate of drug-likeness (QED) is 0.730. The van der Waals surface area contributed by atoms with Gasteiger partial charge in [0.05, 0.1) is 19.6 Å². The molecule has 2 N–H and O–H groups in total. The first kappa shape index (κ1) is 10.5. The molecular formula is C8H13F3N2. The summed E-state index contributed by atoms with van der Waals surface area (Å²) in [6, 6.07) is 0. The third-order valence-electron chi connectivity index (χ3n) is 1.94. The Kier molecular flexibility index (Phi) is 3.33. The van der Waals surface area contributed by atoms with E-state index < -0.39 is 19.0 Å². The molecule has 0 atom stereocenters. The summed E-state index contributed by atoms with van der Waals surface area (Å²) in [6.07, 6.45) is 1.92. The summed E-state index contributed by atoms with van der Waals surface area (Å²) in [6.45, 7) is -0.682. The van der Waals surface area contributed by atoms with Crippen LogP contribution in [0.3, 0.4) is 0 Å². The van der Waals surface area contributed by atoms with Gasteiger partial charge in [-0.15, -0.1) is 0 Å². The molecule has 0 aliphatic carbocycles. The average molecular weight is 194 g/mol. The topological polar surface area (TPSA) is 29.3 Å². The fourth-order valence-corrected chi connectivity index (χ4v) is 1.29. The van der Waals surface area contributed by atoms with Gasteiger partial charge in [0.25, 0.3) is 5.92 Å². The number of rotatable bonds is 3. The molecule has 0 saturated heterocycles. The van der Waals surface area contributed by atoms with Gasteiger partial charge < -0.3 is 5.73 Å². The normalized spacial score (nSPS) is 20.2. The van der Waals surface area contributed by atoms with Gasteiger partial charge in [-0.2, -0.15) is 0 Å². The summed E-state index contributed by atoms with van der Waals surface area (Å²) in [7, 11) is 0. The van der Waals surface area contributed by atoms with Crippen molar-refractivity contribution in [2.24, 2.45) is 5.73 Å². The van der Waals surface area contributed by atoms with Crippen LogP contribution in [0, 0.1) is 0 Å². The zero-order valence-electron chi connectivity index (χ0n) is 7.27. The number of hydrogen-bond acceptors (Lipinski definition) is 2. The molecule has 0 fully saturated rings. The van der Waals surface area contributed by atoms with Crippen LogP contribution < -0.4 is 5.73 Å². The van der Waals surface area contributed by atoms with E-state index in [4.69, 9.17) is 5.73 Å². The molecule has 1 rings (SSSR count). The summed E-state index contributed by atoms with van der Waals surface area (Å²) < 4.78 is 38.2. The van der Waals surface area contributed by atoms with Gasteiger partial charge >= 0.3 is 0 Å². The Labute approximate surface area is 75.2 Å². The van der Waals surface area contributed by atoms with Crippen LogP contribution in [0.25, 0.3) is 0 Å². The van der Waals surface area contributed by atoms with Crippen molar-refractivity contribution in [1.29, 1.82) is 0 Å². The SMILES string of the molecule is NCC(F)(F)CN1CCC=C(F)C1. The third-order valence-corrected chi connectivity index (χ3v) is 1.94. The second-order valence-corrected chi connectivity index (χ2v) is 3.21. The van der Waals surface area contributed by atoms with Crippen molar-refractivity contribution in [3.63, 3.8) is 0 Å².